The van der Waals surface area contributed by atoms with Gasteiger partial charge in [0.05, 0.1) is 11.3 Å². The van der Waals surface area contributed by atoms with E-state index in [2.05, 4.69) is 26.3 Å². The minimum atomic E-state index is 0.329. The van der Waals surface area contributed by atoms with E-state index in [4.69, 9.17) is 0 Å². The summed E-state index contributed by atoms with van der Waals surface area (Å²) in [5.41, 5.74) is 2.72. The van der Waals surface area contributed by atoms with Crippen LogP contribution in [0.4, 0.5) is 11.5 Å². The number of para-hydroxylation sites is 1. The minimum absolute atomic E-state index is 0.329. The molecule has 0 aliphatic carbocycles. The molecule has 1 aromatic carbocycles. The Morgan fingerprint density at radius 2 is 2.18 bits per heavy atom. The van der Waals surface area contributed by atoms with E-state index in [-0.39, 0.29) is 0 Å². The maximum atomic E-state index is 9.27. The molecule has 0 bridgehead atoms. The van der Waals surface area contributed by atoms with Crippen molar-refractivity contribution in [1.82, 2.24) is 9.97 Å². The molecule has 1 N–H and O–H groups in total. The van der Waals surface area contributed by atoms with Crippen molar-refractivity contribution < 1.29 is 0 Å². The van der Waals surface area contributed by atoms with E-state index in [0.717, 1.165) is 48.7 Å². The molecule has 5 heteroatoms. The Morgan fingerprint density at radius 3 is 3.00 bits per heavy atom. The van der Waals surface area contributed by atoms with Crippen LogP contribution in [0.2, 0.25) is 0 Å². The molecular weight excluding hydrogens is 274 g/mol. The number of anilines is 2. The van der Waals surface area contributed by atoms with Crippen molar-refractivity contribution in [2.75, 3.05) is 23.3 Å². The second kappa shape index (κ2) is 6.44. The summed E-state index contributed by atoms with van der Waals surface area (Å²) in [5.74, 6) is 0.868. The van der Waals surface area contributed by atoms with Gasteiger partial charge in [0.2, 0.25) is 0 Å². The van der Waals surface area contributed by atoms with Crippen molar-refractivity contribution in [3.63, 3.8) is 0 Å². The Hall–Kier alpha value is -2.61. The first-order valence-electron chi connectivity index (χ1n) is 7.55. The standard InChI is InChI=1S/C17H19N5/c1-13-9-17(20-12-19-13)21-15-6-4-8-22(11-15)16-7-3-2-5-14(16)10-18/h2-3,5,7,9,12,15H,4,6,8,11H2,1H3,(H,19,20,21). The first kappa shape index (κ1) is 14.3. The number of hydrogen-bond acceptors (Lipinski definition) is 5. The van der Waals surface area contributed by atoms with Gasteiger partial charge in [0.15, 0.2) is 0 Å². The molecule has 3 rings (SSSR count). The summed E-state index contributed by atoms with van der Waals surface area (Å²) in [6.07, 6.45) is 3.79. The molecule has 1 atom stereocenters. The fourth-order valence-electron chi connectivity index (χ4n) is 2.90. The van der Waals surface area contributed by atoms with E-state index in [1.165, 1.54) is 0 Å². The van der Waals surface area contributed by atoms with Crippen LogP contribution in [-0.2, 0) is 0 Å². The molecule has 1 aromatic heterocycles. The monoisotopic (exact) mass is 293 g/mol. The molecule has 5 nitrogen and oxygen atoms in total. The highest BCUT2D eigenvalue weighted by Gasteiger charge is 2.21. The van der Waals surface area contributed by atoms with Gasteiger partial charge in [-0.15, -0.1) is 0 Å². The van der Waals surface area contributed by atoms with E-state index in [1.54, 1.807) is 6.33 Å². The Balaban J connectivity index is 1.73. The highest BCUT2D eigenvalue weighted by Crippen LogP contribution is 2.24. The predicted molar refractivity (Wildman–Crippen MR) is 86.8 cm³/mol. The highest BCUT2D eigenvalue weighted by molar-refractivity contribution is 5.59. The van der Waals surface area contributed by atoms with Crippen molar-refractivity contribution in [3.8, 4) is 6.07 Å². The van der Waals surface area contributed by atoms with Gasteiger partial charge in [-0.1, -0.05) is 12.1 Å². The summed E-state index contributed by atoms with van der Waals surface area (Å²) in [7, 11) is 0. The lowest BCUT2D eigenvalue weighted by Gasteiger charge is -2.35. The third-order valence-corrected chi connectivity index (χ3v) is 3.94. The van der Waals surface area contributed by atoms with E-state index < -0.39 is 0 Å². The molecule has 0 amide bonds. The van der Waals surface area contributed by atoms with Gasteiger partial charge in [0, 0.05) is 30.9 Å². The summed E-state index contributed by atoms with van der Waals surface area (Å²) in [6, 6.07) is 12.4. The largest absolute Gasteiger partial charge is 0.368 e. The van der Waals surface area contributed by atoms with Crippen molar-refractivity contribution in [3.05, 3.63) is 47.9 Å². The number of nitrogens with one attached hydrogen (secondary N) is 1. The third kappa shape index (κ3) is 3.17. The van der Waals surface area contributed by atoms with E-state index in [1.807, 2.05) is 37.3 Å². The fraction of sp³-hybridized carbons (Fsp3) is 0.353. The van der Waals surface area contributed by atoms with Crippen LogP contribution < -0.4 is 10.2 Å². The SMILES string of the molecule is Cc1cc(NC2CCCN(c3ccccc3C#N)C2)ncn1. The Morgan fingerprint density at radius 1 is 1.32 bits per heavy atom. The van der Waals surface area contributed by atoms with Gasteiger partial charge >= 0.3 is 0 Å². The summed E-state index contributed by atoms with van der Waals surface area (Å²) in [4.78, 5) is 10.7. The number of piperidine rings is 1. The first-order chi connectivity index (χ1) is 10.8. The quantitative estimate of drug-likeness (QED) is 0.942. The smallest absolute Gasteiger partial charge is 0.129 e. The van der Waals surface area contributed by atoms with Crippen LogP contribution in [0.3, 0.4) is 0 Å². The molecule has 1 unspecified atom stereocenters. The molecule has 1 saturated heterocycles. The van der Waals surface area contributed by atoms with E-state index >= 15 is 0 Å². The summed E-state index contributed by atoms with van der Waals surface area (Å²) in [5, 5.41) is 12.8. The number of nitriles is 1. The summed E-state index contributed by atoms with van der Waals surface area (Å²) < 4.78 is 0. The number of aromatic nitrogens is 2. The van der Waals surface area contributed by atoms with Gasteiger partial charge < -0.3 is 10.2 Å². The molecule has 0 radical (unpaired) electrons. The summed E-state index contributed by atoms with van der Waals surface area (Å²) >= 11 is 0. The maximum absolute atomic E-state index is 9.27. The second-order valence-corrected chi connectivity index (χ2v) is 5.60. The highest BCUT2D eigenvalue weighted by atomic mass is 15.2. The Labute approximate surface area is 130 Å². The Bertz CT molecular complexity index is 691. The topological polar surface area (TPSA) is 64.8 Å². The minimum Gasteiger partial charge on any atom is -0.368 e. The average molecular weight is 293 g/mol. The van der Waals surface area contributed by atoms with Crippen LogP contribution in [-0.4, -0.2) is 29.1 Å². The lowest BCUT2D eigenvalue weighted by molar-refractivity contribution is 0.528. The van der Waals surface area contributed by atoms with Gasteiger partial charge in [-0.25, -0.2) is 9.97 Å². The second-order valence-electron chi connectivity index (χ2n) is 5.60. The lowest BCUT2D eigenvalue weighted by atomic mass is 10.0. The van der Waals surface area contributed by atoms with Crippen LogP contribution in [0.1, 0.15) is 24.1 Å². The number of benzene rings is 1. The number of rotatable bonds is 3. The zero-order chi connectivity index (χ0) is 15.4. The van der Waals surface area contributed by atoms with Gasteiger partial charge in [-0.05, 0) is 31.9 Å². The zero-order valence-corrected chi connectivity index (χ0v) is 12.7. The van der Waals surface area contributed by atoms with Crippen LogP contribution in [0.25, 0.3) is 0 Å². The van der Waals surface area contributed by atoms with Crippen molar-refractivity contribution in [2.45, 2.75) is 25.8 Å². The number of nitrogens with zero attached hydrogens (tertiary/aromatic N) is 4. The van der Waals surface area contributed by atoms with Gasteiger partial charge in [-0.2, -0.15) is 5.26 Å². The van der Waals surface area contributed by atoms with Crippen LogP contribution in [0.15, 0.2) is 36.7 Å². The van der Waals surface area contributed by atoms with Crippen molar-refractivity contribution >= 4 is 11.5 Å². The molecule has 2 heterocycles. The normalized spacial score (nSPS) is 17.8. The lowest BCUT2D eigenvalue weighted by Crippen LogP contribution is -2.42. The number of aryl methyl sites for hydroxylation is 1. The summed E-state index contributed by atoms with van der Waals surface area (Å²) in [6.45, 7) is 3.82. The van der Waals surface area contributed by atoms with Crippen molar-refractivity contribution in [1.29, 1.82) is 5.26 Å². The first-order valence-corrected chi connectivity index (χ1v) is 7.55. The molecule has 1 fully saturated rings. The van der Waals surface area contributed by atoms with Crippen molar-refractivity contribution in [2.24, 2.45) is 0 Å². The molecule has 0 spiro atoms. The van der Waals surface area contributed by atoms with Gasteiger partial charge in [0.25, 0.3) is 0 Å². The van der Waals surface area contributed by atoms with Crippen LogP contribution in [0, 0.1) is 18.3 Å². The van der Waals surface area contributed by atoms with Gasteiger partial charge in [0.1, 0.15) is 18.2 Å². The Kier molecular flexibility index (Phi) is 4.19. The molecule has 0 saturated carbocycles. The third-order valence-electron chi connectivity index (χ3n) is 3.94. The maximum Gasteiger partial charge on any atom is 0.129 e. The molecule has 2 aromatic rings. The predicted octanol–water partition coefficient (Wildman–Crippen LogP) is 2.74. The molecule has 1 aliphatic rings. The van der Waals surface area contributed by atoms with Gasteiger partial charge in [-0.3, -0.25) is 0 Å². The van der Waals surface area contributed by atoms with E-state index in [9.17, 15) is 5.26 Å². The average Bonchev–Trinajstić information content (AvgIpc) is 2.55. The molecule has 22 heavy (non-hydrogen) atoms. The van der Waals surface area contributed by atoms with Crippen LogP contribution >= 0.6 is 0 Å². The van der Waals surface area contributed by atoms with E-state index in [0.29, 0.717) is 6.04 Å². The number of hydrogen-bond donors (Lipinski definition) is 1. The molecule has 112 valence electrons. The van der Waals surface area contributed by atoms with Crippen LogP contribution in [0.5, 0.6) is 0 Å². The molecule has 1 aliphatic heterocycles. The fourth-order valence-corrected chi connectivity index (χ4v) is 2.90. The zero-order valence-electron chi connectivity index (χ0n) is 12.7. The molecular formula is C17H19N5.